The van der Waals surface area contributed by atoms with Crippen molar-refractivity contribution in [1.82, 2.24) is 5.32 Å². The minimum absolute atomic E-state index is 0.0755. The second-order valence-corrected chi connectivity index (χ2v) is 6.59. The molecule has 1 amide bonds. The summed E-state index contributed by atoms with van der Waals surface area (Å²) in [6, 6.07) is 7.53. The number of halogens is 1. The molecule has 3 atom stereocenters. The van der Waals surface area contributed by atoms with Crippen LogP contribution in [0.15, 0.2) is 28.7 Å². The molecule has 0 heterocycles. The summed E-state index contributed by atoms with van der Waals surface area (Å²) in [5, 5.41) is 11.8. The highest BCUT2D eigenvalue weighted by Crippen LogP contribution is 2.31. The number of ether oxygens (including phenoxy) is 1. The highest BCUT2D eigenvalue weighted by Gasteiger charge is 2.33. The van der Waals surface area contributed by atoms with E-state index in [1.807, 2.05) is 31.2 Å². The number of carbonyl (C=O) groups is 2. The van der Waals surface area contributed by atoms with Gasteiger partial charge in [0, 0.05) is 10.4 Å². The van der Waals surface area contributed by atoms with E-state index in [1.165, 1.54) is 0 Å². The normalized spacial score (nSPS) is 22.1. The Bertz CT molecular complexity index is 549. The van der Waals surface area contributed by atoms with Crippen molar-refractivity contribution in [3.05, 3.63) is 28.7 Å². The van der Waals surface area contributed by atoms with Gasteiger partial charge in [0.25, 0.3) is 0 Å². The van der Waals surface area contributed by atoms with Gasteiger partial charge < -0.3 is 15.2 Å². The van der Waals surface area contributed by atoms with E-state index in [1.54, 1.807) is 0 Å². The van der Waals surface area contributed by atoms with Crippen LogP contribution in [0.25, 0.3) is 0 Å². The molecule has 0 radical (unpaired) electrons. The van der Waals surface area contributed by atoms with E-state index in [0.717, 1.165) is 10.2 Å². The van der Waals surface area contributed by atoms with Gasteiger partial charge in [-0.25, -0.2) is 0 Å². The van der Waals surface area contributed by atoms with E-state index in [2.05, 4.69) is 21.2 Å². The van der Waals surface area contributed by atoms with Gasteiger partial charge in [-0.15, -0.1) is 0 Å². The molecular weight excluding hydrogens is 350 g/mol. The van der Waals surface area contributed by atoms with Gasteiger partial charge in [-0.05, 0) is 44.4 Å². The number of carboxylic acid groups (broad SMARTS) is 1. The van der Waals surface area contributed by atoms with Crippen molar-refractivity contribution in [2.75, 3.05) is 6.54 Å². The first kappa shape index (κ1) is 16.8. The van der Waals surface area contributed by atoms with Gasteiger partial charge in [0.15, 0.2) is 0 Å². The predicted molar refractivity (Wildman–Crippen MR) is 85.7 cm³/mol. The number of nitrogens with one attached hydrogen (secondary N) is 1. The molecule has 1 aliphatic carbocycles. The van der Waals surface area contributed by atoms with Gasteiger partial charge >= 0.3 is 5.97 Å². The molecule has 1 unspecified atom stereocenters. The van der Waals surface area contributed by atoms with Crippen molar-refractivity contribution in [3.8, 4) is 5.75 Å². The van der Waals surface area contributed by atoms with E-state index in [0.29, 0.717) is 25.8 Å². The van der Waals surface area contributed by atoms with E-state index in [-0.39, 0.29) is 23.8 Å². The Morgan fingerprint density at radius 1 is 1.41 bits per heavy atom. The first-order valence-electron chi connectivity index (χ1n) is 7.38. The Labute approximate surface area is 138 Å². The van der Waals surface area contributed by atoms with Crippen molar-refractivity contribution in [2.45, 2.75) is 32.3 Å². The fourth-order valence-corrected chi connectivity index (χ4v) is 3.03. The average molecular weight is 370 g/mol. The first-order valence-corrected chi connectivity index (χ1v) is 8.17. The lowest BCUT2D eigenvalue weighted by molar-refractivity contribution is -0.141. The Kier molecular flexibility index (Phi) is 5.83. The van der Waals surface area contributed by atoms with E-state index < -0.39 is 5.97 Å². The Hall–Kier alpha value is -1.56. The number of carbonyl (C=O) groups excluding carboxylic acids is 1. The zero-order valence-electron chi connectivity index (χ0n) is 12.4. The zero-order chi connectivity index (χ0) is 16.1. The standard InChI is InChI=1S/C16H20BrNO4/c1-10(22-14-4-2-3-13(17)8-14)9-18-15(19)11-5-6-12(7-11)16(20)21/h2-4,8,10-12H,5-7,9H2,1H3,(H,18,19)(H,20,21)/t10?,11-,12+/m1/s1. The summed E-state index contributed by atoms with van der Waals surface area (Å²) in [6.45, 7) is 2.29. The quantitative estimate of drug-likeness (QED) is 0.808. The number of amides is 1. The molecule has 1 aromatic carbocycles. The van der Waals surface area contributed by atoms with Crippen LogP contribution in [0.1, 0.15) is 26.2 Å². The van der Waals surface area contributed by atoms with Crippen LogP contribution >= 0.6 is 15.9 Å². The molecule has 2 N–H and O–H groups in total. The van der Waals surface area contributed by atoms with Gasteiger partial charge in [0.2, 0.25) is 5.91 Å². The second kappa shape index (κ2) is 7.63. The Morgan fingerprint density at radius 2 is 2.14 bits per heavy atom. The summed E-state index contributed by atoms with van der Waals surface area (Å²) in [5.74, 6) is -0.719. The maximum absolute atomic E-state index is 12.1. The minimum Gasteiger partial charge on any atom is -0.489 e. The number of aliphatic carboxylic acids is 1. The molecule has 0 saturated heterocycles. The molecule has 0 spiro atoms. The van der Waals surface area contributed by atoms with Gasteiger partial charge in [0.05, 0.1) is 12.5 Å². The fraction of sp³-hybridized carbons (Fsp3) is 0.500. The second-order valence-electron chi connectivity index (χ2n) is 5.68. The number of hydrogen-bond donors (Lipinski definition) is 2. The predicted octanol–water partition coefficient (Wildman–Crippen LogP) is 2.83. The van der Waals surface area contributed by atoms with Gasteiger partial charge in [-0.2, -0.15) is 0 Å². The molecule has 1 aromatic rings. The molecule has 2 rings (SSSR count). The van der Waals surface area contributed by atoms with Crippen molar-refractivity contribution in [1.29, 1.82) is 0 Å². The van der Waals surface area contributed by atoms with Crippen molar-refractivity contribution < 1.29 is 19.4 Å². The fourth-order valence-electron chi connectivity index (χ4n) is 2.65. The van der Waals surface area contributed by atoms with Gasteiger partial charge in [-0.1, -0.05) is 22.0 Å². The largest absolute Gasteiger partial charge is 0.489 e. The van der Waals surface area contributed by atoms with Crippen LogP contribution in [0.3, 0.4) is 0 Å². The first-order chi connectivity index (χ1) is 10.5. The monoisotopic (exact) mass is 369 g/mol. The molecule has 1 fully saturated rings. The summed E-state index contributed by atoms with van der Waals surface area (Å²) in [6.07, 6.45) is 1.50. The maximum Gasteiger partial charge on any atom is 0.306 e. The SMILES string of the molecule is CC(CNC(=O)[C@@H]1CC[C@H](C(=O)O)C1)Oc1cccc(Br)c1. The molecule has 22 heavy (non-hydrogen) atoms. The van der Waals surface area contributed by atoms with Crippen LogP contribution < -0.4 is 10.1 Å². The topological polar surface area (TPSA) is 75.6 Å². The zero-order valence-corrected chi connectivity index (χ0v) is 14.0. The maximum atomic E-state index is 12.1. The molecule has 120 valence electrons. The summed E-state index contributed by atoms with van der Waals surface area (Å²) in [5.41, 5.74) is 0. The Balaban J connectivity index is 1.75. The van der Waals surface area contributed by atoms with Crippen molar-refractivity contribution in [2.24, 2.45) is 11.8 Å². The molecule has 0 aromatic heterocycles. The number of rotatable bonds is 6. The van der Waals surface area contributed by atoms with Gasteiger partial charge in [0.1, 0.15) is 11.9 Å². The number of carboxylic acids is 1. The van der Waals surface area contributed by atoms with E-state index in [4.69, 9.17) is 9.84 Å². The highest BCUT2D eigenvalue weighted by atomic mass is 79.9. The summed E-state index contributed by atoms with van der Waals surface area (Å²) in [7, 11) is 0. The summed E-state index contributed by atoms with van der Waals surface area (Å²) < 4.78 is 6.67. The van der Waals surface area contributed by atoms with Crippen LogP contribution in [-0.2, 0) is 9.59 Å². The third-order valence-corrected chi connectivity index (χ3v) is 4.34. The van der Waals surface area contributed by atoms with Gasteiger partial charge in [-0.3, -0.25) is 9.59 Å². The molecule has 6 heteroatoms. The highest BCUT2D eigenvalue weighted by molar-refractivity contribution is 9.10. The van der Waals surface area contributed by atoms with Crippen LogP contribution in [0.5, 0.6) is 5.75 Å². The van der Waals surface area contributed by atoms with Crippen molar-refractivity contribution >= 4 is 27.8 Å². The van der Waals surface area contributed by atoms with Crippen molar-refractivity contribution in [3.63, 3.8) is 0 Å². The van der Waals surface area contributed by atoms with Crippen LogP contribution in [-0.4, -0.2) is 29.6 Å². The number of benzene rings is 1. The Morgan fingerprint density at radius 3 is 2.77 bits per heavy atom. The van der Waals surface area contributed by atoms with E-state index in [9.17, 15) is 9.59 Å². The van der Waals surface area contributed by atoms with Crippen LogP contribution in [0.2, 0.25) is 0 Å². The van der Waals surface area contributed by atoms with E-state index >= 15 is 0 Å². The molecule has 0 aliphatic heterocycles. The minimum atomic E-state index is -0.804. The lowest BCUT2D eigenvalue weighted by atomic mass is 10.0. The third-order valence-electron chi connectivity index (χ3n) is 3.85. The average Bonchev–Trinajstić information content (AvgIpc) is 2.95. The third kappa shape index (κ3) is 4.73. The van der Waals surface area contributed by atoms with Crippen LogP contribution in [0.4, 0.5) is 0 Å². The van der Waals surface area contributed by atoms with Crippen LogP contribution in [0, 0.1) is 11.8 Å². The molecule has 5 nitrogen and oxygen atoms in total. The molecule has 1 aliphatic rings. The molecule has 0 bridgehead atoms. The number of hydrogen-bond acceptors (Lipinski definition) is 3. The summed E-state index contributed by atoms with van der Waals surface area (Å²) in [4.78, 5) is 23.0. The smallest absolute Gasteiger partial charge is 0.306 e. The summed E-state index contributed by atoms with van der Waals surface area (Å²) >= 11 is 3.38. The molecule has 1 saturated carbocycles. The lowest BCUT2D eigenvalue weighted by Gasteiger charge is -2.17. The molecular formula is C16H20BrNO4. The lowest BCUT2D eigenvalue weighted by Crippen LogP contribution is -2.36.